The number of likely N-dealkylation sites (N-methyl/N-ethyl adjacent to an activating group) is 1. The van der Waals surface area contributed by atoms with Crippen LogP contribution < -0.4 is 10.2 Å². The molecule has 8 nitrogen and oxygen atoms in total. The van der Waals surface area contributed by atoms with Crippen LogP contribution in [0.2, 0.25) is 10.6 Å². The van der Waals surface area contributed by atoms with Crippen molar-refractivity contribution in [3.05, 3.63) is 33.0 Å². The first-order chi connectivity index (χ1) is 16.3. The first kappa shape index (κ1) is 25.4. The number of carbonyl (C=O) groups is 1. The predicted octanol–water partition coefficient (Wildman–Crippen LogP) is 5.14. The van der Waals surface area contributed by atoms with Crippen molar-refractivity contribution in [2.24, 2.45) is 0 Å². The van der Waals surface area contributed by atoms with Gasteiger partial charge < -0.3 is 15.1 Å². The molecule has 0 radical (unpaired) electrons. The van der Waals surface area contributed by atoms with Crippen molar-refractivity contribution in [1.82, 2.24) is 24.8 Å². The lowest BCUT2D eigenvalue weighted by atomic mass is 10.1. The third-order valence-electron chi connectivity index (χ3n) is 6.66. The minimum absolute atomic E-state index is 0.131. The Hall–Kier alpha value is -1.71. The third-order valence-corrected chi connectivity index (χ3v) is 7.61. The second kappa shape index (κ2) is 11.4. The standard InChI is InChI=1S/C14H19ClN4O.C9H11BrClN3/c1-18(2)13(20)11-7-9-8-16-14(15)17-12(9)19(11)10-5-3-4-6-10;10-7-5-12-9(11)14-8(7)13-6-3-1-2-4-6/h8,10-11H,3-7H2,1-2H3;5-6H,1-4H2,(H,12,13,14). The number of nitrogens with zero attached hydrogens (tertiary/aromatic N) is 6. The summed E-state index contributed by atoms with van der Waals surface area (Å²) in [7, 11) is 3.60. The van der Waals surface area contributed by atoms with E-state index in [0.29, 0.717) is 18.5 Å². The first-order valence-corrected chi connectivity index (χ1v) is 13.3. The Balaban J connectivity index is 0.000000172. The van der Waals surface area contributed by atoms with Crippen LogP contribution in [-0.4, -0.2) is 63.0 Å². The summed E-state index contributed by atoms with van der Waals surface area (Å²) in [4.78, 5) is 32.8. The van der Waals surface area contributed by atoms with Crippen LogP contribution in [0.5, 0.6) is 0 Å². The van der Waals surface area contributed by atoms with Crippen LogP contribution >= 0.6 is 39.1 Å². The summed E-state index contributed by atoms with van der Waals surface area (Å²) in [6.45, 7) is 0. The summed E-state index contributed by atoms with van der Waals surface area (Å²) in [5.74, 6) is 1.79. The molecular weight excluding hydrogens is 541 g/mol. The number of carbonyl (C=O) groups excluding carboxylic acids is 1. The van der Waals surface area contributed by atoms with Crippen molar-refractivity contribution in [2.75, 3.05) is 24.3 Å². The topological polar surface area (TPSA) is 87.1 Å². The number of hydrogen-bond donors (Lipinski definition) is 1. The zero-order chi connectivity index (χ0) is 24.2. The maximum atomic E-state index is 12.5. The van der Waals surface area contributed by atoms with Gasteiger partial charge in [0.2, 0.25) is 16.5 Å². The van der Waals surface area contributed by atoms with Gasteiger partial charge in [0.05, 0.1) is 4.47 Å². The van der Waals surface area contributed by atoms with Crippen LogP contribution in [0.1, 0.15) is 56.9 Å². The monoisotopic (exact) mass is 569 g/mol. The molecule has 3 heterocycles. The number of rotatable bonds is 4. The van der Waals surface area contributed by atoms with E-state index in [-0.39, 0.29) is 22.5 Å². The van der Waals surface area contributed by atoms with Gasteiger partial charge in [-0.2, -0.15) is 4.98 Å². The van der Waals surface area contributed by atoms with E-state index in [1.54, 1.807) is 31.4 Å². The maximum absolute atomic E-state index is 12.5. The molecule has 2 aromatic heterocycles. The molecule has 2 aliphatic carbocycles. The van der Waals surface area contributed by atoms with Gasteiger partial charge in [-0.1, -0.05) is 25.7 Å². The normalized spacial score (nSPS) is 20.1. The molecule has 0 spiro atoms. The second-order valence-corrected chi connectivity index (χ2v) is 10.8. The average molecular weight is 571 g/mol. The molecule has 1 aliphatic heterocycles. The Morgan fingerprint density at radius 2 is 1.65 bits per heavy atom. The van der Waals surface area contributed by atoms with Crippen molar-refractivity contribution >= 4 is 56.7 Å². The lowest BCUT2D eigenvalue weighted by Crippen LogP contribution is -2.48. The van der Waals surface area contributed by atoms with E-state index in [0.717, 1.165) is 34.5 Å². The van der Waals surface area contributed by atoms with Crippen LogP contribution in [0.4, 0.5) is 11.6 Å². The van der Waals surface area contributed by atoms with Gasteiger partial charge in [0, 0.05) is 50.6 Å². The molecule has 0 aromatic carbocycles. The molecule has 1 unspecified atom stereocenters. The number of halogens is 3. The number of nitrogens with one attached hydrogen (secondary N) is 1. The Morgan fingerprint density at radius 3 is 2.32 bits per heavy atom. The minimum atomic E-state index is -0.157. The molecule has 11 heteroatoms. The molecular formula is C23H30BrCl2N7O. The van der Waals surface area contributed by atoms with Crippen molar-refractivity contribution in [2.45, 2.75) is 75.9 Å². The Bertz CT molecular complexity index is 1010. The second-order valence-electron chi connectivity index (χ2n) is 9.25. The van der Waals surface area contributed by atoms with Crippen molar-refractivity contribution in [3.8, 4) is 0 Å². The van der Waals surface area contributed by atoms with Gasteiger partial charge in [0.1, 0.15) is 17.7 Å². The molecule has 1 atom stereocenters. The van der Waals surface area contributed by atoms with Crippen molar-refractivity contribution in [1.29, 1.82) is 0 Å². The number of aromatic nitrogens is 4. The number of amides is 1. The number of hydrogen-bond acceptors (Lipinski definition) is 7. The maximum Gasteiger partial charge on any atom is 0.245 e. The molecule has 2 fully saturated rings. The quantitative estimate of drug-likeness (QED) is 0.509. The molecule has 34 heavy (non-hydrogen) atoms. The summed E-state index contributed by atoms with van der Waals surface area (Å²) in [5, 5.41) is 3.91. The van der Waals surface area contributed by atoms with E-state index in [2.05, 4.69) is 46.1 Å². The van der Waals surface area contributed by atoms with E-state index < -0.39 is 0 Å². The smallest absolute Gasteiger partial charge is 0.245 e. The molecule has 2 aromatic rings. The van der Waals surface area contributed by atoms with Crippen LogP contribution in [0, 0.1) is 0 Å². The fraction of sp³-hybridized carbons (Fsp3) is 0.609. The molecule has 0 saturated heterocycles. The highest BCUT2D eigenvalue weighted by Gasteiger charge is 2.41. The molecule has 1 amide bonds. The third kappa shape index (κ3) is 5.91. The summed E-state index contributed by atoms with van der Waals surface area (Å²) in [5.41, 5.74) is 1.03. The number of anilines is 2. The van der Waals surface area contributed by atoms with Crippen LogP contribution in [0.25, 0.3) is 0 Å². The van der Waals surface area contributed by atoms with Gasteiger partial charge in [-0.25, -0.2) is 15.0 Å². The fourth-order valence-electron chi connectivity index (χ4n) is 5.02. The molecule has 5 rings (SSSR count). The van der Waals surface area contributed by atoms with E-state index in [9.17, 15) is 4.79 Å². The van der Waals surface area contributed by atoms with E-state index in [4.69, 9.17) is 23.2 Å². The molecule has 0 bridgehead atoms. The van der Waals surface area contributed by atoms with E-state index in [1.165, 1.54) is 38.5 Å². The lowest BCUT2D eigenvalue weighted by molar-refractivity contribution is -0.130. The summed E-state index contributed by atoms with van der Waals surface area (Å²) < 4.78 is 0.869. The average Bonchev–Trinajstić information content (AvgIpc) is 3.56. The molecule has 2 saturated carbocycles. The highest BCUT2D eigenvalue weighted by Crippen LogP contribution is 2.37. The minimum Gasteiger partial charge on any atom is -0.366 e. The summed E-state index contributed by atoms with van der Waals surface area (Å²) >= 11 is 15.1. The molecule has 1 N–H and O–H groups in total. The van der Waals surface area contributed by atoms with Gasteiger partial charge in [0.25, 0.3) is 0 Å². The Kier molecular flexibility index (Phi) is 8.47. The lowest BCUT2D eigenvalue weighted by Gasteiger charge is -2.33. The van der Waals surface area contributed by atoms with E-state index >= 15 is 0 Å². The van der Waals surface area contributed by atoms with Crippen molar-refractivity contribution in [3.63, 3.8) is 0 Å². The number of fused-ring (bicyclic) bond motifs is 1. The van der Waals surface area contributed by atoms with Crippen LogP contribution in [0.3, 0.4) is 0 Å². The SMILES string of the molecule is CN(C)C(=O)C1Cc2cnc(Cl)nc2N1C1CCCC1.Clc1ncc(Br)c(NC2CCCC2)n1. The summed E-state index contributed by atoms with van der Waals surface area (Å²) in [6, 6.07) is 0.782. The highest BCUT2D eigenvalue weighted by atomic mass is 79.9. The zero-order valence-electron chi connectivity index (χ0n) is 19.5. The highest BCUT2D eigenvalue weighted by molar-refractivity contribution is 9.10. The first-order valence-electron chi connectivity index (χ1n) is 11.8. The van der Waals surface area contributed by atoms with Crippen LogP contribution in [-0.2, 0) is 11.2 Å². The molecule has 3 aliphatic rings. The molecule has 184 valence electrons. The zero-order valence-corrected chi connectivity index (χ0v) is 22.6. The van der Waals surface area contributed by atoms with Gasteiger partial charge in [-0.05, 0) is 64.8 Å². The van der Waals surface area contributed by atoms with Crippen LogP contribution in [0.15, 0.2) is 16.9 Å². The Labute approximate surface area is 219 Å². The van der Waals surface area contributed by atoms with Gasteiger partial charge in [-0.3, -0.25) is 4.79 Å². The van der Waals surface area contributed by atoms with E-state index in [1.807, 2.05) is 0 Å². The van der Waals surface area contributed by atoms with Gasteiger partial charge in [0.15, 0.2) is 0 Å². The predicted molar refractivity (Wildman–Crippen MR) is 139 cm³/mol. The fourth-order valence-corrected chi connectivity index (χ4v) is 5.59. The van der Waals surface area contributed by atoms with Gasteiger partial charge >= 0.3 is 0 Å². The largest absolute Gasteiger partial charge is 0.366 e. The Morgan fingerprint density at radius 1 is 1.03 bits per heavy atom. The van der Waals surface area contributed by atoms with Gasteiger partial charge in [-0.15, -0.1) is 0 Å². The summed E-state index contributed by atoms with van der Waals surface area (Å²) in [6.07, 6.45) is 13.8. The van der Waals surface area contributed by atoms with Crippen molar-refractivity contribution < 1.29 is 4.79 Å².